The summed E-state index contributed by atoms with van der Waals surface area (Å²) in [5.74, 6) is 0. The number of halogens is 1. The zero-order valence-corrected chi connectivity index (χ0v) is 10.4. The molecule has 1 nitrogen and oxygen atoms in total. The highest BCUT2D eigenvalue weighted by Crippen LogP contribution is 2.38. The Balaban J connectivity index is 2.61. The van der Waals surface area contributed by atoms with Crippen molar-refractivity contribution in [2.45, 2.75) is 45.4 Å². The maximum atomic E-state index is 14.3. The molecule has 0 N–H and O–H groups in total. The first-order valence-electron chi connectivity index (χ1n) is 5.72. The molecule has 1 aromatic rings. The third-order valence-corrected chi connectivity index (χ3v) is 3.17. The lowest BCUT2D eigenvalue weighted by Gasteiger charge is -2.33. The lowest BCUT2D eigenvalue weighted by molar-refractivity contribution is -0.00544. The van der Waals surface area contributed by atoms with E-state index < -0.39 is 5.67 Å². The summed E-state index contributed by atoms with van der Waals surface area (Å²) in [5, 5.41) is 0. The van der Waals surface area contributed by atoms with Crippen molar-refractivity contribution >= 4 is 0 Å². The number of ether oxygens (including phenoxy) is 1. The van der Waals surface area contributed by atoms with E-state index in [9.17, 15) is 4.39 Å². The van der Waals surface area contributed by atoms with Gasteiger partial charge in [0.25, 0.3) is 0 Å². The second-order valence-corrected chi connectivity index (χ2v) is 5.77. The van der Waals surface area contributed by atoms with Gasteiger partial charge in [-0.05, 0) is 29.0 Å². The average molecular weight is 222 g/mol. The van der Waals surface area contributed by atoms with Gasteiger partial charge in [0.15, 0.2) is 5.67 Å². The van der Waals surface area contributed by atoms with Crippen LogP contribution in [0.25, 0.3) is 0 Å². The molecule has 0 aliphatic carbocycles. The van der Waals surface area contributed by atoms with Gasteiger partial charge in [0, 0.05) is 0 Å². The van der Waals surface area contributed by atoms with Crippen LogP contribution in [0, 0.1) is 0 Å². The van der Waals surface area contributed by atoms with Gasteiger partial charge < -0.3 is 4.74 Å². The van der Waals surface area contributed by atoms with E-state index in [2.05, 4.69) is 26.8 Å². The highest BCUT2D eigenvalue weighted by molar-refractivity contribution is 5.42. The molecule has 0 fully saturated rings. The summed E-state index contributed by atoms with van der Waals surface area (Å²) in [6.45, 7) is 8.72. The molecule has 2 rings (SSSR count). The number of hydrogen-bond donors (Lipinski definition) is 0. The van der Waals surface area contributed by atoms with Gasteiger partial charge >= 0.3 is 0 Å². The van der Waals surface area contributed by atoms with E-state index >= 15 is 0 Å². The van der Waals surface area contributed by atoms with Crippen molar-refractivity contribution in [3.63, 3.8) is 0 Å². The molecule has 0 saturated carbocycles. The lowest BCUT2D eigenvalue weighted by atomic mass is 9.79. The fourth-order valence-electron chi connectivity index (χ4n) is 2.36. The highest BCUT2D eigenvalue weighted by atomic mass is 19.1. The number of alkyl halides is 1. The quantitative estimate of drug-likeness (QED) is 0.650. The minimum Gasteiger partial charge on any atom is -0.373 e. The molecule has 16 heavy (non-hydrogen) atoms. The topological polar surface area (TPSA) is 9.23 Å². The van der Waals surface area contributed by atoms with Crippen molar-refractivity contribution in [1.29, 1.82) is 0 Å². The molecule has 1 heterocycles. The van der Waals surface area contributed by atoms with Crippen molar-refractivity contribution in [1.82, 2.24) is 0 Å². The van der Waals surface area contributed by atoms with Gasteiger partial charge in [0.1, 0.15) is 0 Å². The van der Waals surface area contributed by atoms with E-state index in [4.69, 9.17) is 4.74 Å². The minimum absolute atomic E-state index is 0.0299. The van der Waals surface area contributed by atoms with Gasteiger partial charge in [-0.25, -0.2) is 4.39 Å². The van der Waals surface area contributed by atoms with E-state index in [0.717, 1.165) is 11.1 Å². The Hall–Kier alpha value is -0.890. The number of fused-ring (bicyclic) bond motifs is 1. The first-order chi connectivity index (χ1) is 7.32. The molecule has 1 aliphatic rings. The van der Waals surface area contributed by atoms with Crippen LogP contribution in [-0.4, -0.2) is 6.61 Å². The van der Waals surface area contributed by atoms with E-state index in [1.54, 1.807) is 6.92 Å². The second kappa shape index (κ2) is 3.56. The first kappa shape index (κ1) is 11.6. The number of benzene rings is 1. The van der Waals surface area contributed by atoms with Gasteiger partial charge in [-0.3, -0.25) is 0 Å². The van der Waals surface area contributed by atoms with Crippen molar-refractivity contribution in [3.8, 4) is 0 Å². The summed E-state index contributed by atoms with van der Waals surface area (Å²) in [6.07, 6.45) is 0. The fraction of sp³-hybridized carbons (Fsp3) is 0.571. The normalized spacial score (nSPS) is 25.3. The van der Waals surface area contributed by atoms with E-state index in [1.807, 2.05) is 12.1 Å². The fourth-order valence-corrected chi connectivity index (χ4v) is 2.36. The molecule has 88 valence electrons. The second-order valence-electron chi connectivity index (χ2n) is 5.77. The predicted molar refractivity (Wildman–Crippen MR) is 63.3 cm³/mol. The van der Waals surface area contributed by atoms with Crippen LogP contribution in [0.15, 0.2) is 18.2 Å². The number of hydrogen-bond acceptors (Lipinski definition) is 1. The Morgan fingerprint density at radius 2 is 2.00 bits per heavy atom. The molecular weight excluding hydrogens is 203 g/mol. The Kier molecular flexibility index (Phi) is 2.58. The maximum absolute atomic E-state index is 14.3. The summed E-state index contributed by atoms with van der Waals surface area (Å²) in [7, 11) is 0. The summed E-state index contributed by atoms with van der Waals surface area (Å²) in [4.78, 5) is 0. The molecule has 0 saturated heterocycles. The summed E-state index contributed by atoms with van der Waals surface area (Å²) >= 11 is 0. The Bertz CT molecular complexity index is 387. The summed E-state index contributed by atoms with van der Waals surface area (Å²) in [6, 6.07) is 5.90. The van der Waals surface area contributed by atoms with Crippen molar-refractivity contribution < 1.29 is 9.13 Å². The monoisotopic (exact) mass is 222 g/mol. The van der Waals surface area contributed by atoms with Crippen LogP contribution in [0.3, 0.4) is 0 Å². The number of rotatable bonds is 0. The summed E-state index contributed by atoms with van der Waals surface area (Å²) in [5.41, 5.74) is 1.70. The lowest BCUT2D eigenvalue weighted by Crippen LogP contribution is -2.31. The molecule has 1 atom stereocenters. The molecule has 0 spiro atoms. The molecular formula is C14H19FO. The molecule has 2 heteroatoms. The largest absolute Gasteiger partial charge is 0.373 e. The zero-order valence-electron chi connectivity index (χ0n) is 10.4. The molecule has 0 radical (unpaired) electrons. The van der Waals surface area contributed by atoms with Gasteiger partial charge in [-0.1, -0.05) is 39.0 Å². The minimum atomic E-state index is -1.35. The van der Waals surface area contributed by atoms with Gasteiger partial charge in [0.2, 0.25) is 0 Å². The molecule has 1 aliphatic heterocycles. The molecule has 1 unspecified atom stereocenters. The van der Waals surface area contributed by atoms with Crippen molar-refractivity contribution in [2.24, 2.45) is 0 Å². The van der Waals surface area contributed by atoms with Crippen LogP contribution in [-0.2, 0) is 22.4 Å². The zero-order chi connectivity index (χ0) is 12.0. The molecule has 0 aromatic heterocycles. The smallest absolute Gasteiger partial charge is 0.156 e. The Morgan fingerprint density at radius 1 is 1.31 bits per heavy atom. The van der Waals surface area contributed by atoms with Crippen LogP contribution in [0.2, 0.25) is 0 Å². The van der Waals surface area contributed by atoms with Gasteiger partial charge in [-0.15, -0.1) is 0 Å². The van der Waals surface area contributed by atoms with E-state index in [-0.39, 0.29) is 12.0 Å². The Morgan fingerprint density at radius 3 is 2.62 bits per heavy atom. The van der Waals surface area contributed by atoms with Crippen molar-refractivity contribution in [2.75, 3.05) is 6.61 Å². The van der Waals surface area contributed by atoms with E-state index in [0.29, 0.717) is 6.61 Å². The van der Waals surface area contributed by atoms with Crippen LogP contribution in [0.4, 0.5) is 4.39 Å². The Labute approximate surface area is 96.6 Å². The first-order valence-corrected chi connectivity index (χ1v) is 5.72. The highest BCUT2D eigenvalue weighted by Gasteiger charge is 2.35. The van der Waals surface area contributed by atoms with Crippen LogP contribution < -0.4 is 0 Å². The third-order valence-electron chi connectivity index (χ3n) is 3.17. The SMILES string of the molecule is CC(C)(C)c1cccc2c1COCC2(C)F. The molecule has 1 aromatic carbocycles. The van der Waals surface area contributed by atoms with Gasteiger partial charge in [-0.2, -0.15) is 0 Å². The average Bonchev–Trinajstić information content (AvgIpc) is 2.15. The summed E-state index contributed by atoms with van der Waals surface area (Å²) < 4.78 is 19.7. The van der Waals surface area contributed by atoms with Gasteiger partial charge in [0.05, 0.1) is 13.2 Å². The van der Waals surface area contributed by atoms with Crippen LogP contribution in [0.1, 0.15) is 44.4 Å². The standard InChI is InChI=1S/C14H19FO/c1-13(2,3)11-6-5-7-12-10(11)8-16-9-14(12,4)15/h5-7H,8-9H2,1-4H3. The maximum Gasteiger partial charge on any atom is 0.156 e. The van der Waals surface area contributed by atoms with Crippen LogP contribution >= 0.6 is 0 Å². The molecule has 0 bridgehead atoms. The third kappa shape index (κ3) is 1.86. The molecule has 0 amide bonds. The van der Waals surface area contributed by atoms with Crippen LogP contribution in [0.5, 0.6) is 0 Å². The van der Waals surface area contributed by atoms with E-state index in [1.165, 1.54) is 5.56 Å². The predicted octanol–water partition coefficient (Wildman–Crippen LogP) is 3.70. The van der Waals surface area contributed by atoms with Crippen molar-refractivity contribution in [3.05, 3.63) is 34.9 Å².